The molecule has 2 rings (SSSR count). The van der Waals surface area contributed by atoms with E-state index in [1.54, 1.807) is 18.2 Å². The summed E-state index contributed by atoms with van der Waals surface area (Å²) in [6.07, 6.45) is 0.959. The molecule has 0 atom stereocenters. The van der Waals surface area contributed by atoms with Crippen LogP contribution in [0.1, 0.15) is 6.42 Å². The van der Waals surface area contributed by atoms with E-state index in [4.69, 9.17) is 22.1 Å². The third-order valence-electron chi connectivity index (χ3n) is 2.96. The van der Waals surface area contributed by atoms with E-state index in [0.717, 1.165) is 26.1 Å². The molecule has 3 N–H and O–H groups in total. The molecule has 0 bridgehead atoms. The maximum Gasteiger partial charge on any atom is 0.238 e. The number of nitrogens with two attached hydrogens (primary N) is 1. The Morgan fingerprint density at radius 2 is 2.26 bits per heavy atom. The van der Waals surface area contributed by atoms with Gasteiger partial charge in [0.2, 0.25) is 5.91 Å². The van der Waals surface area contributed by atoms with Crippen LogP contribution in [0.4, 0.5) is 11.4 Å². The lowest BCUT2D eigenvalue weighted by molar-refractivity contribution is -0.117. The smallest absolute Gasteiger partial charge is 0.238 e. The van der Waals surface area contributed by atoms with E-state index in [2.05, 4.69) is 10.2 Å². The summed E-state index contributed by atoms with van der Waals surface area (Å²) in [6.45, 7) is 3.49. The van der Waals surface area contributed by atoms with Crippen molar-refractivity contribution in [3.63, 3.8) is 0 Å². The third kappa shape index (κ3) is 4.38. The fourth-order valence-corrected chi connectivity index (χ4v) is 2.10. The summed E-state index contributed by atoms with van der Waals surface area (Å²) in [5.41, 5.74) is 6.82. The first-order valence-corrected chi connectivity index (χ1v) is 6.68. The molecule has 0 unspecified atom stereocenters. The zero-order valence-corrected chi connectivity index (χ0v) is 11.4. The van der Waals surface area contributed by atoms with Gasteiger partial charge in [-0.15, -0.1) is 0 Å². The Kier molecular flexibility index (Phi) is 5.01. The number of benzene rings is 1. The van der Waals surface area contributed by atoms with Gasteiger partial charge < -0.3 is 15.8 Å². The third-order valence-corrected chi connectivity index (χ3v) is 3.31. The standard InChI is InChI=1S/C13H18ClN3O2/c14-11-3-2-10(8-12(11)15)16-13(18)9-17-4-1-6-19-7-5-17/h2-3,8H,1,4-7,9,15H2,(H,16,18). The van der Waals surface area contributed by atoms with Crippen molar-refractivity contribution < 1.29 is 9.53 Å². The predicted octanol–water partition coefficient (Wildman–Crippen LogP) is 1.58. The first-order valence-electron chi connectivity index (χ1n) is 6.30. The van der Waals surface area contributed by atoms with E-state index in [0.29, 0.717) is 29.5 Å². The zero-order valence-electron chi connectivity index (χ0n) is 10.7. The number of carbonyl (C=O) groups excluding carboxylic acids is 1. The number of amides is 1. The van der Waals surface area contributed by atoms with Crippen molar-refractivity contribution in [2.24, 2.45) is 0 Å². The van der Waals surface area contributed by atoms with Crippen LogP contribution < -0.4 is 11.1 Å². The van der Waals surface area contributed by atoms with Gasteiger partial charge in [0.25, 0.3) is 0 Å². The predicted molar refractivity (Wildman–Crippen MR) is 76.4 cm³/mol. The van der Waals surface area contributed by atoms with Crippen LogP contribution in [-0.2, 0) is 9.53 Å². The van der Waals surface area contributed by atoms with E-state index in [-0.39, 0.29) is 5.91 Å². The molecule has 1 amide bonds. The highest BCUT2D eigenvalue weighted by Crippen LogP contribution is 2.22. The molecule has 1 aromatic carbocycles. The van der Waals surface area contributed by atoms with Gasteiger partial charge in [0, 0.05) is 25.4 Å². The summed E-state index contributed by atoms with van der Waals surface area (Å²) in [4.78, 5) is 14.0. The van der Waals surface area contributed by atoms with Crippen LogP contribution in [0.3, 0.4) is 0 Å². The van der Waals surface area contributed by atoms with Gasteiger partial charge in [-0.2, -0.15) is 0 Å². The molecule has 104 valence electrons. The number of nitrogens with one attached hydrogen (secondary N) is 1. The Bertz CT molecular complexity index is 446. The molecule has 0 spiro atoms. The zero-order chi connectivity index (χ0) is 13.7. The minimum atomic E-state index is -0.0522. The summed E-state index contributed by atoms with van der Waals surface area (Å²) in [5.74, 6) is -0.0522. The summed E-state index contributed by atoms with van der Waals surface area (Å²) in [6, 6.07) is 5.07. The number of rotatable bonds is 3. The van der Waals surface area contributed by atoms with Gasteiger partial charge in [-0.1, -0.05) is 11.6 Å². The van der Waals surface area contributed by atoms with Crippen LogP contribution in [0.15, 0.2) is 18.2 Å². The number of nitrogens with zero attached hydrogens (tertiary/aromatic N) is 1. The van der Waals surface area contributed by atoms with Gasteiger partial charge in [0.1, 0.15) is 0 Å². The van der Waals surface area contributed by atoms with Gasteiger partial charge in [0.05, 0.1) is 23.9 Å². The molecular formula is C13H18ClN3O2. The highest BCUT2D eigenvalue weighted by molar-refractivity contribution is 6.33. The highest BCUT2D eigenvalue weighted by atomic mass is 35.5. The number of nitrogen functional groups attached to an aromatic ring is 1. The molecule has 1 heterocycles. The van der Waals surface area contributed by atoms with Crippen molar-refractivity contribution in [3.8, 4) is 0 Å². The molecule has 1 aromatic rings. The van der Waals surface area contributed by atoms with Gasteiger partial charge in [-0.05, 0) is 24.6 Å². The molecule has 0 saturated carbocycles. The first-order chi connectivity index (χ1) is 9.15. The Morgan fingerprint density at radius 1 is 1.42 bits per heavy atom. The Balaban J connectivity index is 1.87. The quantitative estimate of drug-likeness (QED) is 0.827. The van der Waals surface area contributed by atoms with E-state index in [1.165, 1.54) is 0 Å². The van der Waals surface area contributed by atoms with Crippen molar-refractivity contribution in [1.29, 1.82) is 0 Å². The van der Waals surface area contributed by atoms with Crippen molar-refractivity contribution >= 4 is 28.9 Å². The fourth-order valence-electron chi connectivity index (χ4n) is 1.98. The lowest BCUT2D eigenvalue weighted by atomic mass is 10.3. The minimum absolute atomic E-state index is 0.0522. The summed E-state index contributed by atoms with van der Waals surface area (Å²) in [7, 11) is 0. The second-order valence-corrected chi connectivity index (χ2v) is 4.93. The van der Waals surface area contributed by atoms with Gasteiger partial charge in [-0.25, -0.2) is 0 Å². The SMILES string of the molecule is Nc1cc(NC(=O)CN2CCCOCC2)ccc1Cl. The first kappa shape index (κ1) is 14.1. The monoisotopic (exact) mass is 283 g/mol. The highest BCUT2D eigenvalue weighted by Gasteiger charge is 2.13. The number of hydrogen-bond donors (Lipinski definition) is 2. The Labute approximate surface area is 117 Å². The molecule has 0 radical (unpaired) electrons. The van der Waals surface area contributed by atoms with Crippen LogP contribution in [0.25, 0.3) is 0 Å². The van der Waals surface area contributed by atoms with Crippen molar-refractivity contribution in [2.75, 3.05) is 43.9 Å². The number of carbonyl (C=O) groups is 1. The molecule has 1 aliphatic rings. The van der Waals surface area contributed by atoms with Crippen molar-refractivity contribution in [3.05, 3.63) is 23.2 Å². The van der Waals surface area contributed by atoms with E-state index in [1.807, 2.05) is 0 Å². The summed E-state index contributed by atoms with van der Waals surface area (Å²) in [5, 5.41) is 3.31. The summed E-state index contributed by atoms with van der Waals surface area (Å²) >= 11 is 5.83. The van der Waals surface area contributed by atoms with Crippen LogP contribution in [0, 0.1) is 0 Å². The van der Waals surface area contributed by atoms with Gasteiger partial charge in [0.15, 0.2) is 0 Å². The molecule has 1 fully saturated rings. The molecule has 0 aromatic heterocycles. The molecule has 5 nitrogen and oxygen atoms in total. The topological polar surface area (TPSA) is 67.6 Å². The van der Waals surface area contributed by atoms with Crippen LogP contribution in [-0.4, -0.2) is 43.7 Å². The second-order valence-electron chi connectivity index (χ2n) is 4.53. The van der Waals surface area contributed by atoms with E-state index in [9.17, 15) is 4.79 Å². The minimum Gasteiger partial charge on any atom is -0.397 e. The van der Waals surface area contributed by atoms with E-state index >= 15 is 0 Å². The Morgan fingerprint density at radius 3 is 3.05 bits per heavy atom. The lowest BCUT2D eigenvalue weighted by Crippen LogP contribution is -2.34. The second kappa shape index (κ2) is 6.75. The molecule has 1 aliphatic heterocycles. The maximum atomic E-state index is 11.9. The number of anilines is 2. The molecule has 0 aliphatic carbocycles. The molecule has 6 heteroatoms. The number of halogens is 1. The lowest BCUT2D eigenvalue weighted by Gasteiger charge is -2.18. The normalized spacial score (nSPS) is 16.9. The van der Waals surface area contributed by atoms with Crippen LogP contribution in [0.5, 0.6) is 0 Å². The van der Waals surface area contributed by atoms with Gasteiger partial charge in [-0.3, -0.25) is 9.69 Å². The largest absolute Gasteiger partial charge is 0.397 e. The fraction of sp³-hybridized carbons (Fsp3) is 0.462. The molecule has 19 heavy (non-hydrogen) atoms. The Hall–Kier alpha value is -1.30. The van der Waals surface area contributed by atoms with Crippen molar-refractivity contribution in [2.45, 2.75) is 6.42 Å². The van der Waals surface area contributed by atoms with Crippen LogP contribution >= 0.6 is 11.6 Å². The van der Waals surface area contributed by atoms with Gasteiger partial charge >= 0.3 is 0 Å². The summed E-state index contributed by atoms with van der Waals surface area (Å²) < 4.78 is 5.35. The average molecular weight is 284 g/mol. The number of ether oxygens (including phenoxy) is 1. The average Bonchev–Trinajstić information content (AvgIpc) is 2.62. The van der Waals surface area contributed by atoms with E-state index < -0.39 is 0 Å². The van der Waals surface area contributed by atoms with Crippen molar-refractivity contribution in [1.82, 2.24) is 4.90 Å². The molecule has 1 saturated heterocycles. The number of hydrogen-bond acceptors (Lipinski definition) is 4. The van der Waals surface area contributed by atoms with Crippen LogP contribution in [0.2, 0.25) is 5.02 Å². The maximum absolute atomic E-state index is 11.9. The molecular weight excluding hydrogens is 266 g/mol.